The molecule has 1 heterocycles. The highest BCUT2D eigenvalue weighted by atomic mass is 32.2. The quantitative estimate of drug-likeness (QED) is 0.693. The number of fused-ring (bicyclic) bond motifs is 1. The normalized spacial score (nSPS) is 16.2. The summed E-state index contributed by atoms with van der Waals surface area (Å²) in [5.41, 5.74) is 2.88. The smallest absolute Gasteiger partial charge is 0.305 e. The molecule has 3 aliphatic rings. The molecule has 1 fully saturated rings. The lowest BCUT2D eigenvalue weighted by molar-refractivity contribution is -0.121. The van der Waals surface area contributed by atoms with Crippen LogP contribution in [0.15, 0.2) is 23.1 Å². The van der Waals surface area contributed by atoms with Crippen molar-refractivity contribution in [2.45, 2.75) is 24.8 Å². The van der Waals surface area contributed by atoms with Gasteiger partial charge in [0.25, 0.3) is 0 Å². The Bertz CT molecular complexity index is 566. The van der Waals surface area contributed by atoms with Gasteiger partial charge in [-0.15, -0.1) is 11.8 Å². The van der Waals surface area contributed by atoms with Gasteiger partial charge in [-0.05, 0) is 49.4 Å². The Labute approximate surface area is 121 Å². The Morgan fingerprint density at radius 3 is 2.25 bits per heavy atom. The predicted octanol–water partition coefficient (Wildman–Crippen LogP) is 1.90. The van der Waals surface area contributed by atoms with Crippen LogP contribution in [0.4, 0.5) is 4.79 Å². The highest BCUT2D eigenvalue weighted by molar-refractivity contribution is 7.98. The Balaban J connectivity index is 0.000000157. The Hall–Kier alpha value is -1.82. The molecule has 0 radical (unpaired) electrons. The maximum atomic E-state index is 11.0. The summed E-state index contributed by atoms with van der Waals surface area (Å²) in [5, 5.41) is 2.10. The van der Waals surface area contributed by atoms with Crippen molar-refractivity contribution in [3.8, 4) is 11.1 Å². The SMILES string of the molecule is CC(=O)C(C)N1CC(=O)NC1=O.CSc1cc2cc-2c1. The van der Waals surface area contributed by atoms with Crippen LogP contribution in [0.2, 0.25) is 0 Å². The lowest BCUT2D eigenvalue weighted by Gasteiger charge is -2.18. The first-order chi connectivity index (χ1) is 9.42. The van der Waals surface area contributed by atoms with E-state index in [1.54, 1.807) is 6.92 Å². The molecule has 6 heteroatoms. The number of nitrogens with one attached hydrogen (secondary N) is 1. The van der Waals surface area contributed by atoms with E-state index in [9.17, 15) is 14.4 Å². The molecule has 106 valence electrons. The zero-order valence-corrected chi connectivity index (χ0v) is 12.4. The van der Waals surface area contributed by atoms with Gasteiger partial charge < -0.3 is 4.90 Å². The summed E-state index contributed by atoms with van der Waals surface area (Å²) in [6.45, 7) is 2.97. The molecule has 3 rings (SSSR count). The summed E-state index contributed by atoms with van der Waals surface area (Å²) >= 11 is 1.81. The standard InChI is InChI=1S/C7H10N2O3.C7H6S/c1-4(5(2)10)9-3-6(11)8-7(9)12;1-8-7-3-5-2-6(5)4-7/h4H,3H2,1-2H3,(H,8,11,12);2-4H,1H3. The second-order valence-corrected chi connectivity index (χ2v) is 5.60. The number of Topliss-reactive ketones (excluding diaryl/α,β-unsaturated/α-hetero) is 1. The largest absolute Gasteiger partial charge is 0.325 e. The van der Waals surface area contributed by atoms with Crippen molar-refractivity contribution in [2.24, 2.45) is 0 Å². The lowest BCUT2D eigenvalue weighted by Crippen LogP contribution is -2.40. The van der Waals surface area contributed by atoms with Gasteiger partial charge in [0.1, 0.15) is 6.54 Å². The minimum atomic E-state index is -0.517. The third kappa shape index (κ3) is 3.19. The van der Waals surface area contributed by atoms with E-state index in [1.807, 2.05) is 11.8 Å². The lowest BCUT2D eigenvalue weighted by atomic mass is 10.2. The van der Waals surface area contributed by atoms with Crippen LogP contribution in [0, 0.1) is 0 Å². The highest BCUT2D eigenvalue weighted by Crippen LogP contribution is 2.39. The summed E-state index contributed by atoms with van der Waals surface area (Å²) in [7, 11) is 0. The maximum Gasteiger partial charge on any atom is 0.325 e. The highest BCUT2D eigenvalue weighted by Gasteiger charge is 2.32. The summed E-state index contributed by atoms with van der Waals surface area (Å²) in [5.74, 6) is -0.479. The zero-order chi connectivity index (χ0) is 14.9. The van der Waals surface area contributed by atoms with E-state index in [2.05, 4.69) is 29.8 Å². The number of hydrogen-bond donors (Lipinski definition) is 1. The molecule has 3 amide bonds. The van der Waals surface area contributed by atoms with Crippen LogP contribution in [0.25, 0.3) is 11.1 Å². The van der Waals surface area contributed by atoms with Gasteiger partial charge in [-0.25, -0.2) is 4.79 Å². The molecule has 1 aliphatic heterocycles. The average Bonchev–Trinajstić information content (AvgIpc) is 2.86. The van der Waals surface area contributed by atoms with Gasteiger partial charge in [0.15, 0.2) is 5.78 Å². The van der Waals surface area contributed by atoms with Crippen LogP contribution in [0.5, 0.6) is 0 Å². The number of nitrogens with zero attached hydrogens (tertiary/aromatic N) is 1. The van der Waals surface area contributed by atoms with E-state index >= 15 is 0 Å². The fourth-order valence-corrected chi connectivity index (χ4v) is 2.33. The molecule has 0 aromatic carbocycles. The minimum Gasteiger partial charge on any atom is -0.305 e. The molecule has 2 aliphatic carbocycles. The zero-order valence-electron chi connectivity index (χ0n) is 11.6. The second-order valence-electron chi connectivity index (χ2n) is 4.72. The molecule has 0 spiro atoms. The van der Waals surface area contributed by atoms with Crippen LogP contribution in [-0.4, -0.2) is 41.5 Å². The number of urea groups is 1. The third-order valence-electron chi connectivity index (χ3n) is 3.27. The van der Waals surface area contributed by atoms with Crippen molar-refractivity contribution in [3.05, 3.63) is 18.2 Å². The van der Waals surface area contributed by atoms with Crippen LogP contribution < -0.4 is 5.32 Å². The molecule has 1 unspecified atom stereocenters. The Kier molecular flexibility index (Phi) is 4.13. The van der Waals surface area contributed by atoms with E-state index in [1.165, 1.54) is 27.8 Å². The predicted molar refractivity (Wildman–Crippen MR) is 77.6 cm³/mol. The molecular weight excluding hydrogens is 276 g/mol. The van der Waals surface area contributed by atoms with Crippen LogP contribution >= 0.6 is 11.8 Å². The van der Waals surface area contributed by atoms with Gasteiger partial charge >= 0.3 is 6.03 Å². The van der Waals surface area contributed by atoms with E-state index in [0.717, 1.165) is 0 Å². The van der Waals surface area contributed by atoms with Gasteiger partial charge in [0.05, 0.1) is 6.04 Å². The molecule has 0 aromatic heterocycles. The molecule has 0 bridgehead atoms. The Morgan fingerprint density at radius 1 is 1.30 bits per heavy atom. The third-order valence-corrected chi connectivity index (χ3v) is 3.98. The van der Waals surface area contributed by atoms with Crippen molar-refractivity contribution in [1.82, 2.24) is 10.2 Å². The van der Waals surface area contributed by atoms with Crippen LogP contribution in [0.3, 0.4) is 0 Å². The number of imide groups is 1. The molecule has 20 heavy (non-hydrogen) atoms. The van der Waals surface area contributed by atoms with E-state index in [-0.39, 0.29) is 18.2 Å². The number of carbonyl (C=O) groups is 3. The summed E-state index contributed by atoms with van der Waals surface area (Å²) in [6.07, 6.45) is 2.11. The van der Waals surface area contributed by atoms with Crippen molar-refractivity contribution < 1.29 is 14.4 Å². The molecule has 1 saturated heterocycles. The topological polar surface area (TPSA) is 66.5 Å². The number of hydrogen-bond acceptors (Lipinski definition) is 4. The van der Waals surface area contributed by atoms with Crippen molar-refractivity contribution in [1.29, 1.82) is 0 Å². The number of benzene rings is 1. The average molecular weight is 292 g/mol. The number of thioether (sulfide) groups is 1. The molecule has 1 N–H and O–H groups in total. The first-order valence-electron chi connectivity index (χ1n) is 6.22. The fourth-order valence-electron chi connectivity index (χ4n) is 1.84. The summed E-state index contributed by atoms with van der Waals surface area (Å²) < 4.78 is 0. The van der Waals surface area contributed by atoms with Crippen molar-refractivity contribution >= 4 is 29.5 Å². The molecular formula is C14H16N2O3S. The van der Waals surface area contributed by atoms with Gasteiger partial charge in [-0.1, -0.05) is 0 Å². The number of amides is 3. The van der Waals surface area contributed by atoms with E-state index in [4.69, 9.17) is 0 Å². The molecule has 0 aromatic rings. The molecule has 1 atom stereocenters. The minimum absolute atomic E-state index is 0.0143. The van der Waals surface area contributed by atoms with E-state index in [0.29, 0.717) is 0 Å². The van der Waals surface area contributed by atoms with Gasteiger partial charge in [0.2, 0.25) is 5.91 Å². The number of carbonyl (C=O) groups excluding carboxylic acids is 3. The fraction of sp³-hybridized carbons (Fsp3) is 0.357. The second kappa shape index (κ2) is 5.66. The van der Waals surface area contributed by atoms with Crippen LogP contribution in [0.1, 0.15) is 13.8 Å². The van der Waals surface area contributed by atoms with Gasteiger partial charge in [-0.3, -0.25) is 14.9 Å². The van der Waals surface area contributed by atoms with Crippen molar-refractivity contribution in [3.63, 3.8) is 0 Å². The first kappa shape index (κ1) is 14.6. The maximum absolute atomic E-state index is 11.0. The first-order valence-corrected chi connectivity index (χ1v) is 7.45. The summed E-state index contributed by atoms with van der Waals surface area (Å²) in [6, 6.07) is 5.64. The molecule has 0 saturated carbocycles. The Morgan fingerprint density at radius 2 is 1.90 bits per heavy atom. The van der Waals surface area contributed by atoms with E-state index < -0.39 is 12.1 Å². The number of rotatable bonds is 3. The monoisotopic (exact) mass is 292 g/mol. The van der Waals surface area contributed by atoms with Crippen LogP contribution in [-0.2, 0) is 9.59 Å². The van der Waals surface area contributed by atoms with Gasteiger partial charge in [0, 0.05) is 4.90 Å². The summed E-state index contributed by atoms with van der Waals surface area (Å²) in [4.78, 5) is 35.1. The number of ketones is 1. The molecule has 5 nitrogen and oxygen atoms in total. The van der Waals surface area contributed by atoms with Gasteiger partial charge in [-0.2, -0.15) is 0 Å². The van der Waals surface area contributed by atoms with Crippen molar-refractivity contribution in [2.75, 3.05) is 12.8 Å².